The number of carbonyl (C=O) groups is 3. The van der Waals surface area contributed by atoms with Crippen LogP contribution in [0.15, 0.2) is 103 Å². The van der Waals surface area contributed by atoms with Gasteiger partial charge in [0.1, 0.15) is 23.9 Å². The van der Waals surface area contributed by atoms with E-state index in [1.54, 1.807) is 50.2 Å². The molecular weight excluding hydrogens is 544 g/mol. The van der Waals surface area contributed by atoms with Gasteiger partial charge >= 0.3 is 0 Å². The van der Waals surface area contributed by atoms with Crippen LogP contribution >= 0.6 is 0 Å². The van der Waals surface area contributed by atoms with Crippen molar-refractivity contribution in [2.75, 3.05) is 10.2 Å². The molecule has 0 fully saturated rings. The molecule has 0 bridgehead atoms. The molecule has 0 saturated heterocycles. The second-order valence-corrected chi connectivity index (χ2v) is 10.4. The third-order valence-electron chi connectivity index (χ3n) is 6.94. The van der Waals surface area contributed by atoms with Crippen LogP contribution in [0.1, 0.15) is 31.0 Å². The van der Waals surface area contributed by atoms with E-state index in [-0.39, 0.29) is 30.7 Å². The maximum absolute atomic E-state index is 14.2. The number of aromatic hydroxyl groups is 1. The van der Waals surface area contributed by atoms with Crippen LogP contribution in [-0.4, -0.2) is 37.8 Å². The number of benzene rings is 4. The summed E-state index contributed by atoms with van der Waals surface area (Å²) in [5, 5.41) is 24.1. The van der Waals surface area contributed by atoms with Gasteiger partial charge in [-0.2, -0.15) is 0 Å². The van der Waals surface area contributed by atoms with Crippen LogP contribution in [0.25, 0.3) is 11.0 Å². The molecule has 5 rings (SSSR count). The Labute approximate surface area is 249 Å². The Bertz CT molecular complexity index is 1720. The predicted octanol–water partition coefficient (Wildman–Crippen LogP) is 4.82. The van der Waals surface area contributed by atoms with Gasteiger partial charge in [0.15, 0.2) is 0 Å². The minimum absolute atomic E-state index is 0.0319. The first-order valence-corrected chi connectivity index (χ1v) is 13.9. The van der Waals surface area contributed by atoms with Gasteiger partial charge in [0, 0.05) is 23.8 Å². The summed E-state index contributed by atoms with van der Waals surface area (Å²) in [6.45, 7) is 3.67. The summed E-state index contributed by atoms with van der Waals surface area (Å²) in [5.74, 6) is -1.14. The van der Waals surface area contributed by atoms with Crippen molar-refractivity contribution in [3.8, 4) is 5.75 Å². The number of amides is 3. The van der Waals surface area contributed by atoms with Crippen molar-refractivity contribution in [2.45, 2.75) is 33.0 Å². The van der Waals surface area contributed by atoms with Gasteiger partial charge < -0.3 is 15.7 Å². The standard InChI is InChI=1S/C33H32N6O4/c1-22(2)32(42)35-25-14-16-26(17-15-25)39(30(41)21-38-29-11-7-6-10-28(29)36-37-38)31(24-12-18-27(40)19-13-24)33(43)34-20-23-8-4-3-5-9-23/h3-19,22,31,40H,20-21H2,1-2H3,(H,34,43)(H,35,42)/t31-/m0/s1. The number of nitrogens with one attached hydrogen (secondary N) is 2. The molecule has 0 saturated carbocycles. The lowest BCUT2D eigenvalue weighted by Gasteiger charge is -2.32. The molecule has 10 heteroatoms. The second kappa shape index (κ2) is 13.0. The van der Waals surface area contributed by atoms with Crippen LogP contribution < -0.4 is 15.5 Å². The number of phenolic OH excluding ortho intramolecular Hbond substituents is 1. The Morgan fingerprint density at radius 2 is 1.51 bits per heavy atom. The van der Waals surface area contributed by atoms with Gasteiger partial charge in [0.25, 0.3) is 0 Å². The quantitative estimate of drug-likeness (QED) is 0.219. The maximum Gasteiger partial charge on any atom is 0.249 e. The summed E-state index contributed by atoms with van der Waals surface area (Å²) in [6.07, 6.45) is 0. The fourth-order valence-electron chi connectivity index (χ4n) is 4.62. The molecule has 0 aliphatic rings. The average Bonchev–Trinajstić information content (AvgIpc) is 3.42. The molecule has 1 heterocycles. The highest BCUT2D eigenvalue weighted by Gasteiger charge is 2.33. The number of fused-ring (bicyclic) bond motifs is 1. The largest absolute Gasteiger partial charge is 0.508 e. The van der Waals surface area contributed by atoms with Crippen LogP contribution in [0, 0.1) is 5.92 Å². The Kier molecular flexibility index (Phi) is 8.76. The van der Waals surface area contributed by atoms with E-state index in [0.717, 1.165) is 5.56 Å². The van der Waals surface area contributed by atoms with Crippen LogP contribution in [0.4, 0.5) is 11.4 Å². The summed E-state index contributed by atoms with van der Waals surface area (Å²) in [4.78, 5) is 41.8. The summed E-state index contributed by atoms with van der Waals surface area (Å²) in [6, 6.07) is 28.6. The number of nitrogens with zero attached hydrogens (tertiary/aromatic N) is 4. The molecule has 0 aliphatic carbocycles. The molecule has 0 radical (unpaired) electrons. The first-order valence-electron chi connectivity index (χ1n) is 13.9. The van der Waals surface area contributed by atoms with Crippen molar-refractivity contribution in [2.24, 2.45) is 5.92 Å². The number of rotatable bonds is 10. The van der Waals surface area contributed by atoms with Crippen molar-refractivity contribution in [3.63, 3.8) is 0 Å². The van der Waals surface area contributed by atoms with Gasteiger partial charge in [-0.05, 0) is 59.7 Å². The molecule has 218 valence electrons. The molecule has 1 aromatic heterocycles. The molecule has 43 heavy (non-hydrogen) atoms. The fourth-order valence-corrected chi connectivity index (χ4v) is 4.62. The van der Waals surface area contributed by atoms with Gasteiger partial charge in [-0.1, -0.05) is 73.7 Å². The molecule has 4 aromatic carbocycles. The maximum atomic E-state index is 14.2. The van der Waals surface area contributed by atoms with Crippen LogP contribution in [0.3, 0.4) is 0 Å². The number of hydrogen-bond donors (Lipinski definition) is 3. The molecule has 0 spiro atoms. The topological polar surface area (TPSA) is 129 Å². The van der Waals surface area contributed by atoms with E-state index in [1.165, 1.54) is 21.7 Å². The highest BCUT2D eigenvalue weighted by molar-refractivity contribution is 6.02. The van der Waals surface area contributed by atoms with Crippen LogP contribution in [-0.2, 0) is 27.5 Å². The Morgan fingerprint density at radius 1 is 0.837 bits per heavy atom. The molecular formula is C33H32N6O4. The van der Waals surface area contributed by atoms with E-state index in [4.69, 9.17) is 0 Å². The molecule has 0 aliphatic heterocycles. The monoisotopic (exact) mass is 576 g/mol. The summed E-state index contributed by atoms with van der Waals surface area (Å²) in [5.41, 5.74) is 3.71. The molecule has 1 atom stereocenters. The molecule has 3 amide bonds. The first kappa shape index (κ1) is 29.0. The van der Waals surface area contributed by atoms with Gasteiger partial charge in [-0.15, -0.1) is 5.10 Å². The van der Waals surface area contributed by atoms with Gasteiger partial charge in [0.05, 0.1) is 5.52 Å². The Morgan fingerprint density at radius 3 is 2.21 bits per heavy atom. The van der Waals surface area contributed by atoms with E-state index in [1.807, 2.05) is 54.6 Å². The number of phenols is 1. The predicted molar refractivity (Wildman–Crippen MR) is 164 cm³/mol. The average molecular weight is 577 g/mol. The van der Waals surface area contributed by atoms with Crippen molar-refractivity contribution < 1.29 is 19.5 Å². The minimum atomic E-state index is -1.09. The Hall–Kier alpha value is -5.51. The zero-order valence-electron chi connectivity index (χ0n) is 23.8. The number of carbonyl (C=O) groups excluding carboxylic acids is 3. The summed E-state index contributed by atoms with van der Waals surface area (Å²) < 4.78 is 1.50. The van der Waals surface area contributed by atoms with Gasteiger partial charge in [-0.25, -0.2) is 4.68 Å². The van der Waals surface area contributed by atoms with E-state index >= 15 is 0 Å². The number of para-hydroxylation sites is 1. The zero-order valence-corrected chi connectivity index (χ0v) is 23.8. The van der Waals surface area contributed by atoms with E-state index in [0.29, 0.717) is 28.0 Å². The summed E-state index contributed by atoms with van der Waals surface area (Å²) >= 11 is 0. The minimum Gasteiger partial charge on any atom is -0.508 e. The highest BCUT2D eigenvalue weighted by atomic mass is 16.3. The number of anilines is 2. The molecule has 3 N–H and O–H groups in total. The number of hydrogen-bond acceptors (Lipinski definition) is 6. The SMILES string of the molecule is CC(C)C(=O)Nc1ccc(N(C(=O)Cn2nnc3ccccc32)[C@H](C(=O)NCc2ccccc2)c2ccc(O)cc2)cc1. The van der Waals surface area contributed by atoms with E-state index in [9.17, 15) is 19.5 Å². The van der Waals surface area contributed by atoms with Crippen molar-refractivity contribution in [3.05, 3.63) is 114 Å². The lowest BCUT2D eigenvalue weighted by Crippen LogP contribution is -2.45. The second-order valence-electron chi connectivity index (χ2n) is 10.4. The molecule has 0 unspecified atom stereocenters. The lowest BCUT2D eigenvalue weighted by molar-refractivity contribution is -0.127. The summed E-state index contributed by atoms with van der Waals surface area (Å²) in [7, 11) is 0. The van der Waals surface area contributed by atoms with Crippen molar-refractivity contribution in [1.29, 1.82) is 0 Å². The number of aromatic nitrogens is 3. The Balaban J connectivity index is 1.54. The molecule has 5 aromatic rings. The lowest BCUT2D eigenvalue weighted by atomic mass is 10.0. The van der Waals surface area contributed by atoms with E-state index in [2.05, 4.69) is 20.9 Å². The smallest absolute Gasteiger partial charge is 0.249 e. The van der Waals surface area contributed by atoms with Crippen LogP contribution in [0.2, 0.25) is 0 Å². The first-order chi connectivity index (χ1) is 20.8. The van der Waals surface area contributed by atoms with Crippen LogP contribution in [0.5, 0.6) is 5.75 Å². The fraction of sp³-hybridized carbons (Fsp3) is 0.182. The van der Waals surface area contributed by atoms with Gasteiger partial charge in [0.2, 0.25) is 17.7 Å². The zero-order chi connectivity index (χ0) is 30.3. The van der Waals surface area contributed by atoms with Crippen molar-refractivity contribution >= 4 is 40.1 Å². The highest BCUT2D eigenvalue weighted by Crippen LogP contribution is 2.31. The third-order valence-corrected chi connectivity index (χ3v) is 6.94. The molecule has 10 nitrogen and oxygen atoms in total. The van der Waals surface area contributed by atoms with Gasteiger partial charge in [-0.3, -0.25) is 19.3 Å². The van der Waals surface area contributed by atoms with E-state index < -0.39 is 17.9 Å². The third kappa shape index (κ3) is 6.87. The van der Waals surface area contributed by atoms with Crippen molar-refractivity contribution in [1.82, 2.24) is 20.3 Å². The normalized spacial score (nSPS) is 11.7.